The molecule has 1 rings (SSSR count). The summed E-state index contributed by atoms with van der Waals surface area (Å²) in [6, 6.07) is 0. The summed E-state index contributed by atoms with van der Waals surface area (Å²) in [6.45, 7) is 6.26. The molecule has 7 nitrogen and oxygen atoms in total. The lowest BCUT2D eigenvalue weighted by Gasteiger charge is -2.11. The average Bonchev–Trinajstić information content (AvgIpc) is 2.79. The maximum atomic E-state index is 10.6. The molecule has 1 heterocycles. The van der Waals surface area contributed by atoms with Crippen molar-refractivity contribution in [2.75, 3.05) is 32.7 Å². The van der Waals surface area contributed by atoms with Crippen molar-refractivity contribution in [2.45, 2.75) is 31.5 Å². The molecule has 0 aliphatic carbocycles. The van der Waals surface area contributed by atoms with Gasteiger partial charge in [-0.1, -0.05) is 25.6 Å². The van der Waals surface area contributed by atoms with Gasteiger partial charge in [-0.05, 0) is 0 Å². The van der Waals surface area contributed by atoms with Crippen molar-refractivity contribution < 1.29 is 19.4 Å². The first-order chi connectivity index (χ1) is 9.56. The van der Waals surface area contributed by atoms with E-state index in [9.17, 15) is 4.79 Å². The predicted molar refractivity (Wildman–Crippen MR) is 75.2 cm³/mol. The molecule has 0 bridgehead atoms. The van der Waals surface area contributed by atoms with Gasteiger partial charge in [0.25, 0.3) is 0 Å². The van der Waals surface area contributed by atoms with Crippen molar-refractivity contribution in [2.24, 2.45) is 0 Å². The molecule has 20 heavy (non-hydrogen) atoms. The van der Waals surface area contributed by atoms with Crippen LogP contribution in [0.15, 0.2) is 5.16 Å². The second kappa shape index (κ2) is 8.93. The molecule has 1 aromatic heterocycles. The Morgan fingerprint density at radius 1 is 1.35 bits per heavy atom. The third-order valence-corrected chi connectivity index (χ3v) is 3.43. The van der Waals surface area contributed by atoms with E-state index in [1.54, 1.807) is 7.11 Å². The van der Waals surface area contributed by atoms with Gasteiger partial charge in [-0.25, -0.2) is 0 Å². The molecule has 0 spiro atoms. The number of rotatable bonds is 10. The molecule has 0 aliphatic heterocycles. The zero-order chi connectivity index (χ0) is 15.0. The summed E-state index contributed by atoms with van der Waals surface area (Å²) < 4.78 is 12.3. The van der Waals surface area contributed by atoms with Crippen LogP contribution < -0.4 is 0 Å². The number of aromatic nitrogens is 3. The zero-order valence-corrected chi connectivity index (χ0v) is 12.9. The molecule has 0 unspecified atom stereocenters. The summed E-state index contributed by atoms with van der Waals surface area (Å²) in [7, 11) is 1.63. The van der Waals surface area contributed by atoms with Crippen LogP contribution in [0.2, 0.25) is 0 Å². The third kappa shape index (κ3) is 5.48. The summed E-state index contributed by atoms with van der Waals surface area (Å²) in [4.78, 5) is 10.6. The Morgan fingerprint density at radius 2 is 2.10 bits per heavy atom. The van der Waals surface area contributed by atoms with Crippen LogP contribution in [0.3, 0.4) is 0 Å². The maximum Gasteiger partial charge on any atom is 0.313 e. The summed E-state index contributed by atoms with van der Waals surface area (Å²) in [6.07, 6.45) is 0. The quantitative estimate of drug-likeness (QED) is 0.514. The Labute approximate surface area is 122 Å². The minimum Gasteiger partial charge on any atom is -0.481 e. The first-order valence-electron chi connectivity index (χ1n) is 6.40. The van der Waals surface area contributed by atoms with Crippen molar-refractivity contribution in [3.05, 3.63) is 5.82 Å². The molecular formula is C12H21N3O4S. The summed E-state index contributed by atoms with van der Waals surface area (Å²) >= 11 is 1.17. The standard InChI is InChI=1S/C12H21N3O4S/c1-9(2)11-13-14-12(20-8-10(16)17)15(11)4-5-19-7-6-18-3/h9H,4-8H2,1-3H3,(H,16,17). The van der Waals surface area contributed by atoms with Crippen LogP contribution in [0.25, 0.3) is 0 Å². The van der Waals surface area contributed by atoms with Gasteiger partial charge in [0.05, 0.1) is 25.6 Å². The van der Waals surface area contributed by atoms with Gasteiger partial charge in [-0.2, -0.15) is 0 Å². The molecule has 1 N–H and O–H groups in total. The SMILES string of the molecule is COCCOCCn1c(SCC(=O)O)nnc1C(C)C. The highest BCUT2D eigenvalue weighted by Crippen LogP contribution is 2.21. The minimum atomic E-state index is -0.869. The highest BCUT2D eigenvalue weighted by Gasteiger charge is 2.16. The van der Waals surface area contributed by atoms with E-state index in [1.807, 2.05) is 18.4 Å². The van der Waals surface area contributed by atoms with Crippen LogP contribution in [0.1, 0.15) is 25.6 Å². The molecule has 0 amide bonds. The van der Waals surface area contributed by atoms with E-state index in [0.29, 0.717) is 31.5 Å². The molecule has 0 radical (unpaired) electrons. The lowest BCUT2D eigenvalue weighted by molar-refractivity contribution is -0.133. The normalized spacial score (nSPS) is 11.2. The molecule has 0 atom stereocenters. The van der Waals surface area contributed by atoms with Gasteiger partial charge < -0.3 is 19.1 Å². The molecule has 0 saturated heterocycles. The summed E-state index contributed by atoms with van der Waals surface area (Å²) in [5, 5.41) is 17.5. The Bertz CT molecular complexity index is 423. The lowest BCUT2D eigenvalue weighted by Crippen LogP contribution is -2.13. The van der Waals surface area contributed by atoms with Gasteiger partial charge in [0.1, 0.15) is 5.82 Å². The molecule has 0 saturated carbocycles. The summed E-state index contributed by atoms with van der Waals surface area (Å²) in [5.74, 6) is 0.168. The number of carboxylic acids is 1. The molecule has 8 heteroatoms. The zero-order valence-electron chi connectivity index (χ0n) is 12.0. The molecule has 1 aromatic rings. The highest BCUT2D eigenvalue weighted by molar-refractivity contribution is 7.99. The fourth-order valence-electron chi connectivity index (χ4n) is 1.57. The second-order valence-corrected chi connectivity index (χ2v) is 5.38. The summed E-state index contributed by atoms with van der Waals surface area (Å²) in [5.41, 5.74) is 0. The topological polar surface area (TPSA) is 86.5 Å². The van der Waals surface area contributed by atoms with Crippen molar-refractivity contribution in [1.29, 1.82) is 0 Å². The van der Waals surface area contributed by atoms with Crippen LogP contribution >= 0.6 is 11.8 Å². The van der Waals surface area contributed by atoms with Gasteiger partial charge >= 0.3 is 5.97 Å². The van der Waals surface area contributed by atoms with E-state index in [0.717, 1.165) is 5.82 Å². The second-order valence-electron chi connectivity index (χ2n) is 4.43. The fourth-order valence-corrected chi connectivity index (χ4v) is 2.26. The number of aliphatic carboxylic acids is 1. The first-order valence-corrected chi connectivity index (χ1v) is 7.39. The van der Waals surface area contributed by atoms with E-state index in [-0.39, 0.29) is 11.7 Å². The van der Waals surface area contributed by atoms with Crippen LogP contribution in [0.4, 0.5) is 0 Å². The largest absolute Gasteiger partial charge is 0.481 e. The lowest BCUT2D eigenvalue weighted by atomic mass is 10.2. The number of hydrogen-bond donors (Lipinski definition) is 1. The monoisotopic (exact) mass is 303 g/mol. The van der Waals surface area contributed by atoms with Gasteiger partial charge in [0, 0.05) is 19.6 Å². The average molecular weight is 303 g/mol. The first kappa shape index (κ1) is 16.9. The van der Waals surface area contributed by atoms with E-state index < -0.39 is 5.97 Å². The smallest absolute Gasteiger partial charge is 0.313 e. The molecule has 0 aromatic carbocycles. The van der Waals surface area contributed by atoms with E-state index in [4.69, 9.17) is 14.6 Å². The molecular weight excluding hydrogens is 282 g/mol. The number of carbonyl (C=O) groups is 1. The number of carboxylic acid groups (broad SMARTS) is 1. The minimum absolute atomic E-state index is 0.0270. The van der Waals surface area contributed by atoms with Crippen LogP contribution in [-0.2, 0) is 20.8 Å². The Kier molecular flexibility index (Phi) is 7.56. The van der Waals surface area contributed by atoms with Gasteiger partial charge in [0.15, 0.2) is 5.16 Å². The van der Waals surface area contributed by atoms with Crippen LogP contribution in [0.5, 0.6) is 0 Å². The third-order valence-electron chi connectivity index (χ3n) is 2.48. The Hall–Kier alpha value is -1.12. The van der Waals surface area contributed by atoms with Crippen molar-refractivity contribution in [1.82, 2.24) is 14.8 Å². The molecule has 0 aliphatic rings. The Balaban J connectivity index is 2.63. The maximum absolute atomic E-state index is 10.6. The van der Waals surface area contributed by atoms with Crippen LogP contribution in [-0.4, -0.2) is 58.5 Å². The van der Waals surface area contributed by atoms with E-state index >= 15 is 0 Å². The number of methoxy groups -OCH3 is 1. The van der Waals surface area contributed by atoms with Gasteiger partial charge in [-0.3, -0.25) is 4.79 Å². The van der Waals surface area contributed by atoms with Crippen LogP contribution in [0, 0.1) is 0 Å². The molecule has 0 fully saturated rings. The van der Waals surface area contributed by atoms with Crippen molar-refractivity contribution in [3.8, 4) is 0 Å². The van der Waals surface area contributed by atoms with Crippen molar-refractivity contribution >= 4 is 17.7 Å². The van der Waals surface area contributed by atoms with Crippen molar-refractivity contribution in [3.63, 3.8) is 0 Å². The Morgan fingerprint density at radius 3 is 2.70 bits per heavy atom. The number of hydrogen-bond acceptors (Lipinski definition) is 6. The van der Waals surface area contributed by atoms with Gasteiger partial charge in [0.2, 0.25) is 0 Å². The van der Waals surface area contributed by atoms with Gasteiger partial charge in [-0.15, -0.1) is 10.2 Å². The number of nitrogens with zero attached hydrogens (tertiary/aromatic N) is 3. The highest BCUT2D eigenvalue weighted by atomic mass is 32.2. The number of thioether (sulfide) groups is 1. The van der Waals surface area contributed by atoms with E-state index in [2.05, 4.69) is 10.2 Å². The predicted octanol–water partition coefficient (Wildman–Crippen LogP) is 1.24. The van der Waals surface area contributed by atoms with E-state index in [1.165, 1.54) is 11.8 Å². The molecule has 114 valence electrons. The number of ether oxygens (including phenoxy) is 2. The fraction of sp³-hybridized carbons (Fsp3) is 0.750.